The Bertz CT molecular complexity index is 691. The van der Waals surface area contributed by atoms with Gasteiger partial charge < -0.3 is 15.4 Å². The summed E-state index contributed by atoms with van der Waals surface area (Å²) >= 11 is 0. The molecule has 2 rings (SSSR count). The highest BCUT2D eigenvalue weighted by Gasteiger charge is 2.05. The summed E-state index contributed by atoms with van der Waals surface area (Å²) in [5, 5.41) is 5.54. The minimum atomic E-state index is -0.256. The fourth-order valence-corrected chi connectivity index (χ4v) is 2.75. The molecule has 0 aliphatic carbocycles. The van der Waals surface area contributed by atoms with Gasteiger partial charge in [0.2, 0.25) is 0 Å². The zero-order chi connectivity index (χ0) is 18.2. The van der Waals surface area contributed by atoms with Crippen LogP contribution < -0.4 is 15.4 Å². The Kier molecular flexibility index (Phi) is 6.81. The summed E-state index contributed by atoms with van der Waals surface area (Å²) in [6.07, 6.45) is 0.659. The van der Waals surface area contributed by atoms with Gasteiger partial charge in [0.1, 0.15) is 18.2 Å². The number of halogens is 1. The van der Waals surface area contributed by atoms with E-state index in [0.717, 1.165) is 22.4 Å². The van der Waals surface area contributed by atoms with Gasteiger partial charge in [-0.1, -0.05) is 29.8 Å². The number of rotatable bonds is 7. The molecule has 134 valence electrons. The number of urea groups is 1. The molecule has 0 atom stereocenters. The third-order valence-electron chi connectivity index (χ3n) is 3.85. The van der Waals surface area contributed by atoms with Crippen LogP contribution in [0.5, 0.6) is 5.75 Å². The fourth-order valence-electron chi connectivity index (χ4n) is 2.75. The zero-order valence-electron chi connectivity index (χ0n) is 15.0. The van der Waals surface area contributed by atoms with Crippen LogP contribution >= 0.6 is 0 Å². The van der Waals surface area contributed by atoms with Gasteiger partial charge in [-0.25, -0.2) is 9.18 Å². The zero-order valence-corrected chi connectivity index (χ0v) is 15.0. The van der Waals surface area contributed by atoms with Crippen molar-refractivity contribution in [1.82, 2.24) is 10.6 Å². The van der Waals surface area contributed by atoms with Gasteiger partial charge in [-0.2, -0.15) is 0 Å². The van der Waals surface area contributed by atoms with Crippen LogP contribution in [0.3, 0.4) is 0 Å². The largest absolute Gasteiger partial charge is 0.491 e. The number of hydrogen-bond donors (Lipinski definition) is 2. The molecule has 0 aliphatic rings. The second-order valence-corrected chi connectivity index (χ2v) is 6.14. The van der Waals surface area contributed by atoms with Gasteiger partial charge in [-0.15, -0.1) is 0 Å². The Hall–Kier alpha value is -2.56. The van der Waals surface area contributed by atoms with E-state index in [1.165, 1.54) is 17.7 Å². The highest BCUT2D eigenvalue weighted by molar-refractivity contribution is 5.73. The Morgan fingerprint density at radius 2 is 1.60 bits per heavy atom. The third kappa shape index (κ3) is 6.10. The average Bonchev–Trinajstić information content (AvgIpc) is 2.55. The van der Waals surface area contributed by atoms with Crippen molar-refractivity contribution in [3.8, 4) is 5.75 Å². The summed E-state index contributed by atoms with van der Waals surface area (Å²) in [5.41, 5.74) is 4.39. The normalized spacial score (nSPS) is 10.4. The molecule has 2 aromatic carbocycles. The standard InChI is InChI=1S/C20H25FN2O2/c1-14-12-15(2)19(16(3)13-14)25-11-10-23-20(24)22-9-8-17-4-6-18(21)7-5-17/h4-7,12-13H,8-11H2,1-3H3,(H2,22,23,24). The molecule has 0 unspecified atom stereocenters. The molecular weight excluding hydrogens is 319 g/mol. The maximum absolute atomic E-state index is 12.8. The van der Waals surface area contributed by atoms with Gasteiger partial charge in [0.15, 0.2) is 0 Å². The van der Waals surface area contributed by atoms with E-state index in [4.69, 9.17) is 4.74 Å². The number of amides is 2. The van der Waals surface area contributed by atoms with Crippen LogP contribution in [0.4, 0.5) is 9.18 Å². The molecule has 0 spiro atoms. The van der Waals surface area contributed by atoms with Crippen LogP contribution in [0.25, 0.3) is 0 Å². The number of carbonyl (C=O) groups is 1. The first-order chi connectivity index (χ1) is 12.0. The lowest BCUT2D eigenvalue weighted by atomic mass is 10.1. The van der Waals surface area contributed by atoms with E-state index < -0.39 is 0 Å². The van der Waals surface area contributed by atoms with Crippen LogP contribution in [0.1, 0.15) is 22.3 Å². The monoisotopic (exact) mass is 344 g/mol. The van der Waals surface area contributed by atoms with Crippen molar-refractivity contribution < 1.29 is 13.9 Å². The molecule has 0 aromatic heterocycles. The van der Waals surface area contributed by atoms with E-state index in [-0.39, 0.29) is 11.8 Å². The number of aryl methyl sites for hydroxylation is 3. The highest BCUT2D eigenvalue weighted by Crippen LogP contribution is 2.24. The topological polar surface area (TPSA) is 50.4 Å². The van der Waals surface area contributed by atoms with E-state index in [2.05, 4.69) is 29.7 Å². The molecule has 0 fully saturated rings. The smallest absolute Gasteiger partial charge is 0.314 e. The summed E-state index contributed by atoms with van der Waals surface area (Å²) < 4.78 is 18.6. The minimum absolute atomic E-state index is 0.233. The molecule has 0 bridgehead atoms. The van der Waals surface area contributed by atoms with E-state index in [0.29, 0.717) is 26.1 Å². The SMILES string of the molecule is Cc1cc(C)c(OCCNC(=O)NCCc2ccc(F)cc2)c(C)c1. The fraction of sp³-hybridized carbons (Fsp3) is 0.350. The Balaban J connectivity index is 1.65. The minimum Gasteiger partial charge on any atom is -0.491 e. The van der Waals surface area contributed by atoms with Gasteiger partial charge in [-0.3, -0.25) is 0 Å². The molecule has 25 heavy (non-hydrogen) atoms. The summed E-state index contributed by atoms with van der Waals surface area (Å²) in [7, 11) is 0. The van der Waals surface area contributed by atoms with Gasteiger partial charge in [0, 0.05) is 6.54 Å². The van der Waals surface area contributed by atoms with Gasteiger partial charge >= 0.3 is 6.03 Å². The molecule has 0 heterocycles. The van der Waals surface area contributed by atoms with Crippen molar-refractivity contribution in [3.63, 3.8) is 0 Å². The van der Waals surface area contributed by atoms with Crippen LogP contribution in [-0.2, 0) is 6.42 Å². The molecule has 5 heteroatoms. The van der Waals surface area contributed by atoms with Gasteiger partial charge in [0.05, 0.1) is 6.54 Å². The molecule has 2 amide bonds. The van der Waals surface area contributed by atoms with Crippen molar-refractivity contribution in [2.75, 3.05) is 19.7 Å². The Labute approximate surface area is 148 Å². The summed E-state index contributed by atoms with van der Waals surface area (Å²) in [6.45, 7) is 7.43. The lowest BCUT2D eigenvalue weighted by Crippen LogP contribution is -2.38. The number of nitrogens with one attached hydrogen (secondary N) is 2. The molecule has 0 aliphatic heterocycles. The van der Waals surface area contributed by atoms with Gasteiger partial charge in [-0.05, 0) is 56.0 Å². The summed E-state index contributed by atoms with van der Waals surface area (Å²) in [4.78, 5) is 11.7. The first-order valence-electron chi connectivity index (χ1n) is 8.42. The van der Waals surface area contributed by atoms with Crippen LogP contribution in [0.15, 0.2) is 36.4 Å². The predicted octanol–water partition coefficient (Wildman–Crippen LogP) is 3.67. The summed E-state index contributed by atoms with van der Waals surface area (Å²) in [5.74, 6) is 0.623. The molecular formula is C20H25FN2O2. The van der Waals surface area contributed by atoms with Crippen molar-refractivity contribution in [2.45, 2.75) is 27.2 Å². The maximum atomic E-state index is 12.8. The summed E-state index contributed by atoms with van der Waals surface area (Å²) in [6, 6.07) is 10.2. The van der Waals surface area contributed by atoms with E-state index in [1.54, 1.807) is 12.1 Å². The molecule has 2 N–H and O–H groups in total. The van der Waals surface area contributed by atoms with Crippen molar-refractivity contribution in [1.29, 1.82) is 0 Å². The van der Waals surface area contributed by atoms with E-state index in [9.17, 15) is 9.18 Å². The number of benzene rings is 2. The Morgan fingerprint density at radius 3 is 2.24 bits per heavy atom. The van der Waals surface area contributed by atoms with Crippen molar-refractivity contribution in [3.05, 3.63) is 64.5 Å². The van der Waals surface area contributed by atoms with Crippen LogP contribution in [0.2, 0.25) is 0 Å². The first-order valence-corrected chi connectivity index (χ1v) is 8.42. The van der Waals surface area contributed by atoms with E-state index in [1.807, 2.05) is 13.8 Å². The molecule has 0 saturated heterocycles. The second kappa shape index (κ2) is 9.06. The molecule has 4 nitrogen and oxygen atoms in total. The first kappa shape index (κ1) is 18.8. The average molecular weight is 344 g/mol. The molecule has 0 saturated carbocycles. The highest BCUT2D eigenvalue weighted by atomic mass is 19.1. The number of carbonyl (C=O) groups excluding carboxylic acids is 1. The van der Waals surface area contributed by atoms with Crippen molar-refractivity contribution >= 4 is 6.03 Å². The predicted molar refractivity (Wildman–Crippen MR) is 97.7 cm³/mol. The molecule has 0 radical (unpaired) electrons. The Morgan fingerprint density at radius 1 is 1.00 bits per heavy atom. The van der Waals surface area contributed by atoms with Crippen LogP contribution in [0, 0.1) is 26.6 Å². The lowest BCUT2D eigenvalue weighted by Gasteiger charge is -2.13. The number of ether oxygens (including phenoxy) is 1. The quantitative estimate of drug-likeness (QED) is 0.753. The van der Waals surface area contributed by atoms with Crippen molar-refractivity contribution in [2.24, 2.45) is 0 Å². The van der Waals surface area contributed by atoms with Gasteiger partial charge in [0.25, 0.3) is 0 Å². The maximum Gasteiger partial charge on any atom is 0.314 e. The molecule has 2 aromatic rings. The lowest BCUT2D eigenvalue weighted by molar-refractivity contribution is 0.236. The third-order valence-corrected chi connectivity index (χ3v) is 3.85. The second-order valence-electron chi connectivity index (χ2n) is 6.14. The van der Waals surface area contributed by atoms with Crippen LogP contribution in [-0.4, -0.2) is 25.7 Å². The number of hydrogen-bond acceptors (Lipinski definition) is 2. The van der Waals surface area contributed by atoms with E-state index >= 15 is 0 Å².